The summed E-state index contributed by atoms with van der Waals surface area (Å²) in [6.45, 7) is 9.99. The third-order valence-corrected chi connectivity index (χ3v) is 7.46. The van der Waals surface area contributed by atoms with Gasteiger partial charge in [0.15, 0.2) is 0 Å². The quantitative estimate of drug-likeness (QED) is 0.245. The number of para-hydroxylation sites is 1. The molecule has 0 saturated carbocycles. The molecule has 3 aromatic rings. The summed E-state index contributed by atoms with van der Waals surface area (Å²) >= 11 is 0. The third kappa shape index (κ3) is 10.1. The van der Waals surface area contributed by atoms with Crippen LogP contribution in [0.3, 0.4) is 0 Å². The number of piperazine rings is 1. The van der Waals surface area contributed by atoms with Crippen molar-refractivity contribution >= 4 is 17.7 Å². The number of benzene rings is 3. The lowest BCUT2D eigenvalue weighted by Crippen LogP contribution is -2.67. The fraction of sp³-hybridized carbons (Fsp3) is 0.417. The van der Waals surface area contributed by atoms with Crippen molar-refractivity contribution < 1.29 is 23.9 Å². The first-order chi connectivity index (χ1) is 21.7. The van der Waals surface area contributed by atoms with Crippen molar-refractivity contribution in [3.63, 3.8) is 0 Å². The molecular formula is C36H47N5O5. The van der Waals surface area contributed by atoms with Gasteiger partial charge in [-0.2, -0.15) is 0 Å². The van der Waals surface area contributed by atoms with Gasteiger partial charge in [0.2, 0.25) is 17.7 Å². The largest absolute Gasteiger partial charge is 0.494 e. The van der Waals surface area contributed by atoms with Gasteiger partial charge < -0.3 is 36.1 Å². The van der Waals surface area contributed by atoms with Crippen molar-refractivity contribution in [3.8, 4) is 17.2 Å². The van der Waals surface area contributed by atoms with Crippen molar-refractivity contribution in [2.45, 2.75) is 77.2 Å². The van der Waals surface area contributed by atoms with Crippen molar-refractivity contribution in [1.29, 1.82) is 0 Å². The van der Waals surface area contributed by atoms with Gasteiger partial charge in [-0.25, -0.2) is 0 Å². The Bertz CT molecular complexity index is 1460. The van der Waals surface area contributed by atoms with Crippen LogP contribution in [0, 0.1) is 0 Å². The Hall–Kier alpha value is -4.41. The van der Waals surface area contributed by atoms with Gasteiger partial charge in [0.1, 0.15) is 29.3 Å². The van der Waals surface area contributed by atoms with E-state index in [-0.39, 0.29) is 43.8 Å². The van der Waals surface area contributed by atoms with E-state index < -0.39 is 23.2 Å². The number of ether oxygens (including phenoxy) is 2. The SMILES string of the molecule is CCOc1ccc(C[C@@H]2NC(=O)[C@H](CN(CC(C)(C)N)C(=O)CC(C)(C)N)N(Cc3ccc(Oc4ccccc4)cc3)C2=O)cc1. The zero-order valence-electron chi connectivity index (χ0n) is 27.5. The molecule has 1 saturated heterocycles. The normalized spacial score (nSPS) is 17.0. The third-order valence-electron chi connectivity index (χ3n) is 7.46. The maximum absolute atomic E-state index is 14.1. The molecule has 1 fully saturated rings. The van der Waals surface area contributed by atoms with E-state index >= 15 is 0 Å². The Kier molecular flexibility index (Phi) is 11.1. The summed E-state index contributed by atoms with van der Waals surface area (Å²) in [5, 5.41) is 2.94. The zero-order valence-corrected chi connectivity index (χ0v) is 27.5. The number of hydrogen-bond acceptors (Lipinski definition) is 7. The van der Waals surface area contributed by atoms with E-state index in [9.17, 15) is 14.4 Å². The van der Waals surface area contributed by atoms with Gasteiger partial charge in [-0.1, -0.05) is 42.5 Å². The highest BCUT2D eigenvalue weighted by atomic mass is 16.5. The molecule has 10 nitrogen and oxygen atoms in total. The number of nitrogens with zero attached hydrogens (tertiary/aromatic N) is 2. The molecule has 2 atom stereocenters. The number of amides is 3. The van der Waals surface area contributed by atoms with E-state index in [2.05, 4.69) is 5.32 Å². The van der Waals surface area contributed by atoms with Crippen molar-refractivity contribution in [2.75, 3.05) is 19.7 Å². The van der Waals surface area contributed by atoms with Gasteiger partial charge in [0.25, 0.3) is 0 Å². The van der Waals surface area contributed by atoms with E-state index in [1.165, 1.54) is 0 Å². The van der Waals surface area contributed by atoms with Crippen LogP contribution in [-0.2, 0) is 27.3 Å². The predicted octanol–water partition coefficient (Wildman–Crippen LogP) is 4.01. The van der Waals surface area contributed by atoms with Crippen molar-refractivity contribution in [3.05, 3.63) is 90.0 Å². The summed E-state index contributed by atoms with van der Waals surface area (Å²) in [6, 6.07) is 22.6. The highest BCUT2D eigenvalue weighted by molar-refractivity contribution is 5.97. The number of nitrogens with two attached hydrogens (primary N) is 2. The Labute approximate surface area is 272 Å². The highest BCUT2D eigenvalue weighted by Crippen LogP contribution is 2.24. The van der Waals surface area contributed by atoms with Crippen LogP contribution >= 0.6 is 0 Å². The monoisotopic (exact) mass is 629 g/mol. The standard InChI is InChI=1S/C36H47N5O5/c1-6-45-27-16-12-25(13-17-27)20-30-34(44)41(22-26-14-18-29(19-15-26)46-28-10-8-7-9-11-28)31(33(43)39-30)23-40(24-36(4,5)38)32(42)21-35(2,3)37/h7-19,30-31H,6,20-24,37-38H2,1-5H3,(H,39,43)/t30-,31-/m0/s1. The fourth-order valence-corrected chi connectivity index (χ4v) is 5.40. The number of carbonyl (C=O) groups excluding carboxylic acids is 3. The average molecular weight is 630 g/mol. The van der Waals surface area contributed by atoms with E-state index in [1.807, 2.05) is 99.6 Å². The smallest absolute Gasteiger partial charge is 0.246 e. The van der Waals surface area contributed by atoms with E-state index in [0.717, 1.165) is 16.9 Å². The maximum Gasteiger partial charge on any atom is 0.246 e. The molecule has 46 heavy (non-hydrogen) atoms. The molecule has 0 aliphatic carbocycles. The van der Waals surface area contributed by atoms with Crippen molar-refractivity contribution in [2.24, 2.45) is 11.5 Å². The second-order valence-electron chi connectivity index (χ2n) is 13.3. The molecule has 0 unspecified atom stereocenters. The van der Waals surface area contributed by atoms with Gasteiger partial charge in [0.05, 0.1) is 13.2 Å². The van der Waals surface area contributed by atoms with Gasteiger partial charge in [-0.3, -0.25) is 14.4 Å². The molecule has 4 rings (SSSR count). The molecule has 0 radical (unpaired) electrons. The number of rotatable bonds is 14. The van der Waals surface area contributed by atoms with Crippen LogP contribution in [0.1, 0.15) is 52.2 Å². The lowest BCUT2D eigenvalue weighted by Gasteiger charge is -2.42. The van der Waals surface area contributed by atoms with Crippen LogP contribution in [0.15, 0.2) is 78.9 Å². The van der Waals surface area contributed by atoms with Crippen LogP contribution in [0.2, 0.25) is 0 Å². The Balaban J connectivity index is 1.60. The molecule has 0 spiro atoms. The Morgan fingerprint density at radius 2 is 1.43 bits per heavy atom. The van der Waals surface area contributed by atoms with Crippen LogP contribution in [0.25, 0.3) is 0 Å². The highest BCUT2D eigenvalue weighted by Gasteiger charge is 2.42. The fourth-order valence-electron chi connectivity index (χ4n) is 5.40. The minimum Gasteiger partial charge on any atom is -0.494 e. The Morgan fingerprint density at radius 3 is 2.02 bits per heavy atom. The first-order valence-electron chi connectivity index (χ1n) is 15.7. The molecule has 0 aromatic heterocycles. The maximum atomic E-state index is 14.1. The minimum absolute atomic E-state index is 0.0158. The van der Waals surface area contributed by atoms with Crippen LogP contribution < -0.4 is 26.3 Å². The van der Waals surface area contributed by atoms with Crippen LogP contribution in [-0.4, -0.2) is 70.4 Å². The topological polar surface area (TPSA) is 140 Å². The molecule has 0 bridgehead atoms. The summed E-state index contributed by atoms with van der Waals surface area (Å²) in [5.41, 5.74) is 12.7. The molecule has 3 amide bonds. The summed E-state index contributed by atoms with van der Waals surface area (Å²) < 4.78 is 11.5. The molecule has 10 heteroatoms. The van der Waals surface area contributed by atoms with Gasteiger partial charge >= 0.3 is 0 Å². The number of carbonyl (C=O) groups is 3. The molecule has 3 aromatic carbocycles. The lowest BCUT2D eigenvalue weighted by atomic mass is 9.97. The van der Waals surface area contributed by atoms with Gasteiger partial charge in [-0.05, 0) is 82.1 Å². The predicted molar refractivity (Wildman–Crippen MR) is 178 cm³/mol. The number of hydrogen-bond donors (Lipinski definition) is 3. The zero-order chi connectivity index (χ0) is 33.5. The minimum atomic E-state index is -0.934. The first-order valence-corrected chi connectivity index (χ1v) is 15.7. The second kappa shape index (κ2) is 14.8. The van der Waals surface area contributed by atoms with Gasteiger partial charge in [-0.15, -0.1) is 0 Å². The van der Waals surface area contributed by atoms with E-state index in [0.29, 0.717) is 24.5 Å². The average Bonchev–Trinajstić information content (AvgIpc) is 2.98. The van der Waals surface area contributed by atoms with Crippen LogP contribution in [0.5, 0.6) is 17.2 Å². The van der Waals surface area contributed by atoms with E-state index in [1.54, 1.807) is 23.6 Å². The summed E-state index contributed by atoms with van der Waals surface area (Å²) in [6.07, 6.45) is 0.374. The molecule has 1 heterocycles. The number of nitrogens with one attached hydrogen (secondary N) is 1. The molecule has 1 aliphatic heterocycles. The molecular weight excluding hydrogens is 582 g/mol. The molecule has 246 valence electrons. The Morgan fingerprint density at radius 1 is 0.848 bits per heavy atom. The van der Waals surface area contributed by atoms with Crippen LogP contribution in [0.4, 0.5) is 0 Å². The first kappa shape index (κ1) is 34.5. The summed E-state index contributed by atoms with van der Waals surface area (Å²) in [4.78, 5) is 44.5. The van der Waals surface area contributed by atoms with Gasteiger partial charge in [0, 0.05) is 37.0 Å². The molecule has 5 N–H and O–H groups in total. The summed E-state index contributed by atoms with van der Waals surface area (Å²) in [5.74, 6) is 1.29. The summed E-state index contributed by atoms with van der Waals surface area (Å²) in [7, 11) is 0. The molecule has 1 aliphatic rings. The van der Waals surface area contributed by atoms with E-state index in [4.69, 9.17) is 20.9 Å². The van der Waals surface area contributed by atoms with Crippen molar-refractivity contribution in [1.82, 2.24) is 15.1 Å². The lowest BCUT2D eigenvalue weighted by molar-refractivity contribution is -0.152. The second-order valence-corrected chi connectivity index (χ2v) is 13.3.